The van der Waals surface area contributed by atoms with Crippen molar-refractivity contribution in [2.24, 2.45) is 0 Å². The van der Waals surface area contributed by atoms with Crippen LogP contribution in [-0.2, 0) is 6.54 Å². The van der Waals surface area contributed by atoms with Crippen LogP contribution in [0.15, 0.2) is 40.9 Å². The normalized spacial score (nSPS) is 10.4. The van der Waals surface area contributed by atoms with Gasteiger partial charge in [-0.15, -0.1) is 0 Å². The van der Waals surface area contributed by atoms with Crippen LogP contribution in [0.5, 0.6) is 0 Å². The Bertz CT molecular complexity index is 549. The Labute approximate surface area is 113 Å². The second-order valence-corrected chi connectivity index (χ2v) is 4.82. The molecule has 2 aromatic rings. The summed E-state index contributed by atoms with van der Waals surface area (Å²) in [5, 5.41) is 3.04. The minimum absolute atomic E-state index is 0.0527. The van der Waals surface area contributed by atoms with Crippen molar-refractivity contribution in [2.75, 3.05) is 5.32 Å². The third kappa shape index (κ3) is 2.70. The van der Waals surface area contributed by atoms with Gasteiger partial charge in [0.15, 0.2) is 0 Å². The third-order valence-corrected chi connectivity index (χ3v) is 3.64. The molecule has 2 rings (SSSR count). The van der Waals surface area contributed by atoms with Crippen LogP contribution in [0.3, 0.4) is 0 Å². The summed E-state index contributed by atoms with van der Waals surface area (Å²) in [6.07, 6.45) is 0. The molecule has 94 valence electrons. The third-order valence-electron chi connectivity index (χ3n) is 2.78. The van der Waals surface area contributed by atoms with Gasteiger partial charge in [0, 0.05) is 22.3 Å². The Hall–Kier alpha value is -1.42. The summed E-state index contributed by atoms with van der Waals surface area (Å²) < 4.78 is 27.8. The Kier molecular flexibility index (Phi) is 3.97. The summed E-state index contributed by atoms with van der Waals surface area (Å²) in [5.74, 6) is -1.06. The lowest BCUT2D eigenvalue weighted by atomic mass is 10.1. The fraction of sp³-hybridized carbons (Fsp3) is 0.143. The molecule has 0 spiro atoms. The minimum atomic E-state index is -0.532. The van der Waals surface area contributed by atoms with Gasteiger partial charge in [0.25, 0.3) is 0 Å². The van der Waals surface area contributed by atoms with E-state index in [2.05, 4.69) is 21.2 Å². The number of nitrogens with one attached hydrogen (secondary N) is 1. The van der Waals surface area contributed by atoms with E-state index < -0.39 is 11.6 Å². The van der Waals surface area contributed by atoms with Crippen molar-refractivity contribution in [3.8, 4) is 0 Å². The molecule has 4 heteroatoms. The molecule has 0 aliphatic heterocycles. The second kappa shape index (κ2) is 5.48. The van der Waals surface area contributed by atoms with Gasteiger partial charge in [-0.05, 0) is 36.8 Å². The number of anilines is 1. The SMILES string of the molecule is Cc1c(Br)cccc1NCc1c(F)cccc1F. The topological polar surface area (TPSA) is 12.0 Å². The van der Waals surface area contributed by atoms with Crippen molar-refractivity contribution in [1.82, 2.24) is 0 Å². The molecule has 0 saturated carbocycles. The number of hydrogen-bond donors (Lipinski definition) is 1. The number of benzene rings is 2. The summed E-state index contributed by atoms with van der Waals surface area (Å²) in [7, 11) is 0. The van der Waals surface area contributed by atoms with E-state index in [9.17, 15) is 8.78 Å². The first kappa shape index (κ1) is 13.0. The molecule has 0 saturated heterocycles. The molecular formula is C14H12BrF2N. The van der Waals surface area contributed by atoms with Gasteiger partial charge >= 0.3 is 0 Å². The Morgan fingerprint density at radius 1 is 1.06 bits per heavy atom. The van der Waals surface area contributed by atoms with Crippen LogP contribution in [0.4, 0.5) is 14.5 Å². The molecule has 0 fully saturated rings. The first-order valence-electron chi connectivity index (χ1n) is 5.51. The van der Waals surface area contributed by atoms with Gasteiger partial charge in [-0.2, -0.15) is 0 Å². The van der Waals surface area contributed by atoms with Crippen LogP contribution in [0.2, 0.25) is 0 Å². The monoisotopic (exact) mass is 311 g/mol. The number of rotatable bonds is 3. The van der Waals surface area contributed by atoms with Crippen LogP contribution >= 0.6 is 15.9 Å². The molecule has 1 N–H and O–H groups in total. The summed E-state index contributed by atoms with van der Waals surface area (Å²) in [6, 6.07) is 9.54. The van der Waals surface area contributed by atoms with Crippen molar-refractivity contribution >= 4 is 21.6 Å². The van der Waals surface area contributed by atoms with Crippen molar-refractivity contribution < 1.29 is 8.78 Å². The second-order valence-electron chi connectivity index (χ2n) is 3.97. The van der Waals surface area contributed by atoms with E-state index in [4.69, 9.17) is 0 Å². The molecule has 0 atom stereocenters. The summed E-state index contributed by atoms with van der Waals surface area (Å²) in [4.78, 5) is 0. The molecule has 18 heavy (non-hydrogen) atoms. The lowest BCUT2D eigenvalue weighted by Gasteiger charge is -2.11. The summed E-state index contributed by atoms with van der Waals surface area (Å²) in [5.41, 5.74) is 1.91. The molecule has 0 aliphatic rings. The van der Waals surface area contributed by atoms with Gasteiger partial charge in [-0.1, -0.05) is 28.1 Å². The van der Waals surface area contributed by atoms with E-state index in [0.29, 0.717) is 0 Å². The highest BCUT2D eigenvalue weighted by Gasteiger charge is 2.08. The zero-order chi connectivity index (χ0) is 13.1. The van der Waals surface area contributed by atoms with Crippen LogP contribution in [-0.4, -0.2) is 0 Å². The molecule has 0 amide bonds. The average molecular weight is 312 g/mol. The zero-order valence-electron chi connectivity index (χ0n) is 9.81. The quantitative estimate of drug-likeness (QED) is 0.870. The number of hydrogen-bond acceptors (Lipinski definition) is 1. The van der Waals surface area contributed by atoms with E-state index in [1.54, 1.807) is 0 Å². The predicted molar refractivity (Wildman–Crippen MR) is 72.6 cm³/mol. The van der Waals surface area contributed by atoms with Crippen molar-refractivity contribution in [1.29, 1.82) is 0 Å². The number of halogens is 3. The average Bonchev–Trinajstić information content (AvgIpc) is 2.33. The lowest BCUT2D eigenvalue weighted by molar-refractivity contribution is 0.560. The van der Waals surface area contributed by atoms with Crippen LogP contribution in [0.25, 0.3) is 0 Å². The van der Waals surface area contributed by atoms with Gasteiger partial charge < -0.3 is 5.32 Å². The largest absolute Gasteiger partial charge is 0.380 e. The standard InChI is InChI=1S/C14H12BrF2N/c1-9-11(15)4-2-7-14(9)18-8-10-12(16)5-3-6-13(10)17/h2-7,18H,8H2,1H3. The maximum Gasteiger partial charge on any atom is 0.131 e. The molecule has 2 aromatic carbocycles. The first-order valence-corrected chi connectivity index (χ1v) is 6.31. The van der Waals surface area contributed by atoms with Crippen molar-refractivity contribution in [3.63, 3.8) is 0 Å². The van der Waals surface area contributed by atoms with E-state index in [1.165, 1.54) is 18.2 Å². The van der Waals surface area contributed by atoms with Crippen LogP contribution in [0, 0.1) is 18.6 Å². The maximum atomic E-state index is 13.4. The van der Waals surface area contributed by atoms with Crippen LogP contribution in [0.1, 0.15) is 11.1 Å². The van der Waals surface area contributed by atoms with Crippen molar-refractivity contribution in [2.45, 2.75) is 13.5 Å². The molecule has 0 radical (unpaired) electrons. The summed E-state index contributed by atoms with van der Waals surface area (Å²) >= 11 is 3.41. The van der Waals surface area contributed by atoms with E-state index >= 15 is 0 Å². The molecule has 0 heterocycles. The van der Waals surface area contributed by atoms with Gasteiger partial charge in [-0.3, -0.25) is 0 Å². The summed E-state index contributed by atoms with van der Waals surface area (Å²) in [6.45, 7) is 2.06. The van der Waals surface area contributed by atoms with E-state index in [-0.39, 0.29) is 12.1 Å². The molecule has 0 aromatic heterocycles. The van der Waals surface area contributed by atoms with Gasteiger partial charge in [0.1, 0.15) is 11.6 Å². The maximum absolute atomic E-state index is 13.4. The first-order chi connectivity index (χ1) is 8.59. The Morgan fingerprint density at radius 3 is 2.33 bits per heavy atom. The minimum Gasteiger partial charge on any atom is -0.380 e. The fourth-order valence-corrected chi connectivity index (χ4v) is 2.05. The van der Waals surface area contributed by atoms with Gasteiger partial charge in [0.05, 0.1) is 0 Å². The van der Waals surface area contributed by atoms with Gasteiger partial charge in [0.2, 0.25) is 0 Å². The smallest absolute Gasteiger partial charge is 0.131 e. The molecule has 1 nitrogen and oxygen atoms in total. The molecule has 0 unspecified atom stereocenters. The lowest BCUT2D eigenvalue weighted by Crippen LogP contribution is -2.05. The van der Waals surface area contributed by atoms with E-state index in [0.717, 1.165) is 15.7 Å². The zero-order valence-corrected chi connectivity index (χ0v) is 11.4. The molecule has 0 bridgehead atoms. The highest BCUT2D eigenvalue weighted by atomic mass is 79.9. The Balaban J connectivity index is 2.19. The van der Waals surface area contributed by atoms with E-state index in [1.807, 2.05) is 25.1 Å². The molecule has 0 aliphatic carbocycles. The van der Waals surface area contributed by atoms with Crippen molar-refractivity contribution in [3.05, 3.63) is 63.6 Å². The fourth-order valence-electron chi connectivity index (χ4n) is 1.68. The molecular weight excluding hydrogens is 300 g/mol. The highest BCUT2D eigenvalue weighted by molar-refractivity contribution is 9.10. The highest BCUT2D eigenvalue weighted by Crippen LogP contribution is 2.24. The van der Waals surface area contributed by atoms with Gasteiger partial charge in [-0.25, -0.2) is 8.78 Å². The van der Waals surface area contributed by atoms with Crippen LogP contribution < -0.4 is 5.32 Å². The Morgan fingerprint density at radius 2 is 1.67 bits per heavy atom. The predicted octanol–water partition coefficient (Wildman–Crippen LogP) is 4.65.